The molecule has 0 aromatic carbocycles. The molecule has 0 radical (unpaired) electrons. The van der Waals surface area contributed by atoms with Crippen LogP contribution in [0, 0.1) is 0 Å². The Labute approximate surface area is 244 Å². The first kappa shape index (κ1) is 37.7. The van der Waals surface area contributed by atoms with Crippen LogP contribution in [0.25, 0.3) is 0 Å². The van der Waals surface area contributed by atoms with E-state index in [9.17, 15) is 0 Å². The van der Waals surface area contributed by atoms with Gasteiger partial charge in [0.2, 0.25) is 0 Å². The Hall–Kier alpha value is 1.58. The van der Waals surface area contributed by atoms with Crippen molar-refractivity contribution in [2.24, 2.45) is 0 Å². The van der Waals surface area contributed by atoms with Crippen molar-refractivity contribution >= 4 is 46.4 Å². The molecule has 2 saturated heterocycles. The molecule has 0 aliphatic carbocycles. The molecule has 4 nitrogen and oxygen atoms in total. The Bertz CT molecular complexity index is 408. The van der Waals surface area contributed by atoms with E-state index in [0.717, 1.165) is 49.7 Å². The summed E-state index contributed by atoms with van der Waals surface area (Å²) in [6.07, 6.45) is 0. The number of halogens is 6. The van der Waals surface area contributed by atoms with E-state index in [-0.39, 0.29) is 24.8 Å². The van der Waals surface area contributed by atoms with Gasteiger partial charge in [0.15, 0.2) is 0 Å². The summed E-state index contributed by atoms with van der Waals surface area (Å²) < 4.78 is 4.86. The number of hydrogen-bond donors (Lipinski definition) is 0. The molecule has 2 aliphatic heterocycles. The zero-order chi connectivity index (χ0) is 24.1. The van der Waals surface area contributed by atoms with Gasteiger partial charge in [0.05, 0.1) is 75.9 Å². The minimum absolute atomic E-state index is 0. The maximum absolute atomic E-state index is 5.93. The molecule has 0 aromatic heterocycles. The van der Waals surface area contributed by atoms with Crippen LogP contribution in [0.2, 0.25) is 0 Å². The minimum atomic E-state index is 0. The van der Waals surface area contributed by atoms with Gasteiger partial charge in [-0.25, -0.2) is 0 Å². The van der Waals surface area contributed by atoms with Crippen molar-refractivity contribution < 1.29 is 42.7 Å². The van der Waals surface area contributed by atoms with Gasteiger partial charge in [-0.15, -0.1) is 46.4 Å². The highest BCUT2D eigenvalue weighted by molar-refractivity contribution is 6.18. The second-order valence-electron chi connectivity index (χ2n) is 10.1. The first-order valence-corrected chi connectivity index (χ1v) is 15.1. The second kappa shape index (κ2) is 18.8. The fourth-order valence-electron chi connectivity index (χ4n) is 5.65. The molecule has 0 unspecified atom stereocenters. The number of alkyl halides is 4. The molecule has 2 heterocycles. The SMILES string of the molecule is CC[N+]1(CCCl)CC[N+](CC)(CCCl)CC1.CC[N+]1(CCCl)CC[N+](CC)(CCCl)CC1.[Cl-].[Cl-]. The molecule has 34 heavy (non-hydrogen) atoms. The van der Waals surface area contributed by atoms with Gasteiger partial charge in [-0.2, -0.15) is 0 Å². The van der Waals surface area contributed by atoms with E-state index < -0.39 is 0 Å². The third kappa shape index (κ3) is 10.8. The molecule has 0 saturated carbocycles. The van der Waals surface area contributed by atoms with Crippen LogP contribution in [0.4, 0.5) is 0 Å². The third-order valence-corrected chi connectivity index (χ3v) is 9.79. The van der Waals surface area contributed by atoms with Crippen LogP contribution in [0.1, 0.15) is 27.7 Å². The van der Waals surface area contributed by atoms with E-state index in [4.69, 9.17) is 46.4 Å². The van der Waals surface area contributed by atoms with E-state index in [1.54, 1.807) is 0 Å². The van der Waals surface area contributed by atoms with Gasteiger partial charge in [0.1, 0.15) is 52.4 Å². The molecule has 10 heteroatoms. The molecule has 208 valence electrons. The quantitative estimate of drug-likeness (QED) is 0.183. The van der Waals surface area contributed by atoms with Gasteiger partial charge in [-0.05, 0) is 27.7 Å². The Morgan fingerprint density at radius 2 is 0.529 bits per heavy atom. The van der Waals surface area contributed by atoms with Crippen LogP contribution >= 0.6 is 46.4 Å². The summed E-state index contributed by atoms with van der Waals surface area (Å²) in [5.74, 6) is 3.15. The van der Waals surface area contributed by atoms with Crippen LogP contribution in [0.5, 0.6) is 0 Å². The second-order valence-corrected chi connectivity index (χ2v) is 11.6. The summed E-state index contributed by atoms with van der Waals surface area (Å²) in [4.78, 5) is 0. The molecular formula is C24H52Cl6N4+2. The highest BCUT2D eigenvalue weighted by atomic mass is 35.5. The van der Waals surface area contributed by atoms with Crippen LogP contribution in [0.15, 0.2) is 0 Å². The normalized spacial score (nSPS) is 33.2. The lowest BCUT2D eigenvalue weighted by Crippen LogP contribution is -3.00. The zero-order valence-electron chi connectivity index (χ0n) is 22.2. The molecule has 0 N–H and O–H groups in total. The van der Waals surface area contributed by atoms with Gasteiger partial charge < -0.3 is 42.7 Å². The predicted molar refractivity (Wildman–Crippen MR) is 144 cm³/mol. The minimum Gasteiger partial charge on any atom is -1.00 e. The van der Waals surface area contributed by atoms with Gasteiger partial charge in [0, 0.05) is 0 Å². The fourth-order valence-corrected chi connectivity index (χ4v) is 7.09. The Morgan fingerprint density at radius 1 is 0.382 bits per heavy atom. The Kier molecular flexibility index (Phi) is 20.8. The smallest absolute Gasteiger partial charge is 0.129 e. The van der Waals surface area contributed by atoms with Crippen LogP contribution in [-0.2, 0) is 0 Å². The summed E-state index contributed by atoms with van der Waals surface area (Å²) in [5, 5.41) is 0. The van der Waals surface area contributed by atoms with Crippen LogP contribution in [0.3, 0.4) is 0 Å². The van der Waals surface area contributed by atoms with E-state index in [1.807, 2.05) is 0 Å². The average molecular weight is 609 g/mol. The lowest BCUT2D eigenvalue weighted by atomic mass is 10.2. The number of rotatable bonds is 12. The molecular weight excluding hydrogens is 557 g/mol. The Morgan fingerprint density at radius 3 is 0.618 bits per heavy atom. The number of quaternary nitrogens is 4. The maximum Gasteiger partial charge on any atom is 0.129 e. The van der Waals surface area contributed by atoms with Crippen molar-refractivity contribution in [1.82, 2.24) is 0 Å². The fraction of sp³-hybridized carbons (Fsp3) is 1.00. The Balaban J connectivity index is 0. The van der Waals surface area contributed by atoms with E-state index in [1.165, 1.54) is 96.5 Å². The first-order chi connectivity index (χ1) is 15.3. The highest BCUT2D eigenvalue weighted by Gasteiger charge is 2.40. The highest BCUT2D eigenvalue weighted by Crippen LogP contribution is 2.21. The van der Waals surface area contributed by atoms with Crippen LogP contribution < -0.4 is 24.8 Å². The van der Waals surface area contributed by atoms with Crippen molar-refractivity contribution in [3.8, 4) is 0 Å². The summed E-state index contributed by atoms with van der Waals surface area (Å²) in [7, 11) is 0. The van der Waals surface area contributed by atoms with Gasteiger partial charge in [-0.3, -0.25) is 0 Å². The van der Waals surface area contributed by atoms with Crippen molar-refractivity contribution in [2.75, 3.05) is 128 Å². The molecule has 2 aliphatic rings. The number of piperazine rings is 2. The number of hydrogen-bond acceptors (Lipinski definition) is 0. The van der Waals surface area contributed by atoms with Gasteiger partial charge in [0.25, 0.3) is 0 Å². The monoisotopic (exact) mass is 606 g/mol. The standard InChI is InChI=1S/2C12H26Cl2N2.2ClH/c2*1-3-15(7-5-13)9-11-16(4-2,8-6-14)12-10-15;;/h2*3-12H2,1-2H3;2*1H/q2*+2;;/p-2. The van der Waals surface area contributed by atoms with Crippen molar-refractivity contribution in [3.63, 3.8) is 0 Å². The largest absolute Gasteiger partial charge is 1.00 e. The van der Waals surface area contributed by atoms with Crippen molar-refractivity contribution in [2.45, 2.75) is 27.7 Å². The average Bonchev–Trinajstić information content (AvgIpc) is 2.83. The molecule has 0 spiro atoms. The number of likely N-dealkylation sites (N-methyl/N-ethyl adjacent to an activating group) is 4. The lowest BCUT2D eigenvalue weighted by Gasteiger charge is -2.49. The maximum atomic E-state index is 5.93. The van der Waals surface area contributed by atoms with Crippen molar-refractivity contribution in [3.05, 3.63) is 0 Å². The molecule has 0 atom stereocenters. The van der Waals surface area contributed by atoms with E-state index >= 15 is 0 Å². The summed E-state index contributed by atoms with van der Waals surface area (Å²) in [6.45, 7) is 28.7. The lowest BCUT2D eigenvalue weighted by molar-refractivity contribution is -1.03. The van der Waals surface area contributed by atoms with E-state index in [2.05, 4.69) is 27.7 Å². The van der Waals surface area contributed by atoms with E-state index in [0.29, 0.717) is 0 Å². The van der Waals surface area contributed by atoms with Crippen molar-refractivity contribution in [1.29, 1.82) is 0 Å². The molecule has 0 bridgehead atoms. The summed E-state index contributed by atoms with van der Waals surface area (Å²) >= 11 is 23.7. The zero-order valence-corrected chi connectivity index (χ0v) is 26.7. The van der Waals surface area contributed by atoms with Gasteiger partial charge in [-0.1, -0.05) is 0 Å². The first-order valence-electron chi connectivity index (χ1n) is 13.0. The summed E-state index contributed by atoms with van der Waals surface area (Å²) in [5.41, 5.74) is 0. The van der Waals surface area contributed by atoms with Crippen LogP contribution in [-0.4, -0.2) is 146 Å². The molecule has 2 rings (SSSR count). The third-order valence-electron chi connectivity index (χ3n) is 9.11. The van der Waals surface area contributed by atoms with Gasteiger partial charge >= 0.3 is 0 Å². The predicted octanol–water partition coefficient (Wildman–Crippen LogP) is -1.69. The number of nitrogens with zero attached hydrogens (tertiary/aromatic N) is 4. The molecule has 0 amide bonds. The summed E-state index contributed by atoms with van der Waals surface area (Å²) in [6, 6.07) is 0. The molecule has 2 fully saturated rings. The molecule has 0 aromatic rings. The topological polar surface area (TPSA) is 0 Å².